The van der Waals surface area contributed by atoms with Crippen LogP contribution >= 0.6 is 0 Å². The molecule has 0 heterocycles. The molecule has 2 nitrogen and oxygen atoms in total. The first-order valence-electron chi connectivity index (χ1n) is 5.40. The first-order chi connectivity index (χ1) is 6.17. The van der Waals surface area contributed by atoms with Crippen LogP contribution in [0.25, 0.3) is 0 Å². The van der Waals surface area contributed by atoms with E-state index in [-0.39, 0.29) is 0 Å². The van der Waals surface area contributed by atoms with Crippen LogP contribution in [0.15, 0.2) is 0 Å². The van der Waals surface area contributed by atoms with Gasteiger partial charge in [-0.3, -0.25) is 0 Å². The number of rotatable bonds is 7. The Morgan fingerprint density at radius 2 is 1.46 bits per heavy atom. The van der Waals surface area contributed by atoms with Gasteiger partial charge in [-0.15, -0.1) is 0 Å². The lowest BCUT2D eigenvalue weighted by molar-refractivity contribution is 0.196. The second-order valence-corrected chi connectivity index (χ2v) is 5.98. The molecule has 0 spiro atoms. The molecule has 0 saturated heterocycles. The molecule has 0 amide bonds. The quantitative estimate of drug-likeness (QED) is 0.594. The van der Waals surface area contributed by atoms with Gasteiger partial charge in [0, 0.05) is 13.2 Å². The SMILES string of the molecule is CCO[SiH](OCC)C(C)C(C)CC. The minimum atomic E-state index is -1.40. The van der Waals surface area contributed by atoms with Gasteiger partial charge in [-0.25, -0.2) is 0 Å². The zero-order valence-corrected chi connectivity index (χ0v) is 10.8. The molecule has 0 radical (unpaired) electrons. The molecule has 0 rings (SSSR count). The zero-order chi connectivity index (χ0) is 10.3. The molecule has 0 aromatic carbocycles. The Hall–Kier alpha value is 0.137. The Morgan fingerprint density at radius 3 is 1.77 bits per heavy atom. The molecule has 2 unspecified atom stereocenters. The van der Waals surface area contributed by atoms with Gasteiger partial charge in [0.15, 0.2) is 0 Å². The predicted octanol–water partition coefficient (Wildman–Crippen LogP) is 2.72. The summed E-state index contributed by atoms with van der Waals surface area (Å²) in [5.74, 6) is 0.717. The molecule has 0 aliphatic heterocycles. The van der Waals surface area contributed by atoms with Crippen LogP contribution in [0.1, 0.15) is 41.0 Å². The van der Waals surface area contributed by atoms with Crippen molar-refractivity contribution in [2.45, 2.75) is 46.6 Å². The molecular formula is C10H24O2Si. The first-order valence-corrected chi connectivity index (χ1v) is 7.01. The molecule has 3 heteroatoms. The van der Waals surface area contributed by atoms with Gasteiger partial charge in [0.25, 0.3) is 0 Å². The highest BCUT2D eigenvalue weighted by Gasteiger charge is 2.25. The van der Waals surface area contributed by atoms with Gasteiger partial charge in [0.05, 0.1) is 0 Å². The van der Waals surface area contributed by atoms with Crippen molar-refractivity contribution >= 4 is 9.28 Å². The van der Waals surface area contributed by atoms with Gasteiger partial charge in [0.2, 0.25) is 0 Å². The smallest absolute Gasteiger partial charge is 0.324 e. The molecule has 0 N–H and O–H groups in total. The van der Waals surface area contributed by atoms with Crippen LogP contribution in [-0.2, 0) is 8.85 Å². The lowest BCUT2D eigenvalue weighted by atomic mass is 10.1. The van der Waals surface area contributed by atoms with Crippen LogP contribution in [0.5, 0.6) is 0 Å². The molecule has 0 saturated carbocycles. The lowest BCUT2D eigenvalue weighted by Crippen LogP contribution is -2.31. The molecule has 0 aromatic heterocycles. The van der Waals surface area contributed by atoms with E-state index in [1.165, 1.54) is 6.42 Å². The highest BCUT2D eigenvalue weighted by Crippen LogP contribution is 2.24. The Labute approximate surface area is 84.5 Å². The van der Waals surface area contributed by atoms with Crippen molar-refractivity contribution in [3.63, 3.8) is 0 Å². The minimum Gasteiger partial charge on any atom is -0.397 e. The topological polar surface area (TPSA) is 18.5 Å². The Balaban J connectivity index is 4.00. The minimum absolute atomic E-state index is 0.616. The van der Waals surface area contributed by atoms with Crippen LogP contribution in [0.2, 0.25) is 5.54 Å². The van der Waals surface area contributed by atoms with E-state index in [1.54, 1.807) is 0 Å². The van der Waals surface area contributed by atoms with Crippen molar-refractivity contribution in [3.05, 3.63) is 0 Å². The number of hydrogen-bond donors (Lipinski definition) is 0. The standard InChI is InChI=1S/C10H24O2Si/c1-6-9(4)10(5)13(11-7-2)12-8-3/h9-10,13H,6-8H2,1-5H3. The van der Waals surface area contributed by atoms with Crippen LogP contribution in [-0.4, -0.2) is 22.5 Å². The monoisotopic (exact) mass is 204 g/mol. The predicted molar refractivity (Wildman–Crippen MR) is 59.3 cm³/mol. The van der Waals surface area contributed by atoms with Crippen molar-refractivity contribution in [2.24, 2.45) is 5.92 Å². The van der Waals surface area contributed by atoms with E-state index in [4.69, 9.17) is 8.85 Å². The van der Waals surface area contributed by atoms with Gasteiger partial charge in [0.1, 0.15) is 0 Å². The van der Waals surface area contributed by atoms with E-state index in [0.29, 0.717) is 5.54 Å². The maximum absolute atomic E-state index is 5.68. The van der Waals surface area contributed by atoms with Crippen LogP contribution in [0.4, 0.5) is 0 Å². The molecule has 2 atom stereocenters. The highest BCUT2D eigenvalue weighted by molar-refractivity contribution is 6.46. The normalized spacial score (nSPS) is 16.2. The van der Waals surface area contributed by atoms with Crippen molar-refractivity contribution in [1.82, 2.24) is 0 Å². The fraction of sp³-hybridized carbons (Fsp3) is 1.00. The van der Waals surface area contributed by atoms with E-state index in [1.807, 2.05) is 13.8 Å². The fourth-order valence-corrected chi connectivity index (χ4v) is 3.49. The van der Waals surface area contributed by atoms with E-state index < -0.39 is 9.28 Å². The third-order valence-electron chi connectivity index (χ3n) is 2.63. The summed E-state index contributed by atoms with van der Waals surface area (Å²) in [5.41, 5.74) is 0.616. The fourth-order valence-electron chi connectivity index (χ4n) is 1.32. The zero-order valence-electron chi connectivity index (χ0n) is 9.67. The molecule has 0 fully saturated rings. The summed E-state index contributed by atoms with van der Waals surface area (Å²) in [6.07, 6.45) is 1.21. The summed E-state index contributed by atoms with van der Waals surface area (Å²) in [6.45, 7) is 12.4. The molecule has 80 valence electrons. The van der Waals surface area contributed by atoms with E-state index in [9.17, 15) is 0 Å². The molecule has 0 bridgehead atoms. The Morgan fingerprint density at radius 1 is 1.00 bits per heavy atom. The van der Waals surface area contributed by atoms with E-state index in [2.05, 4.69) is 20.8 Å². The third kappa shape index (κ3) is 4.79. The first kappa shape index (κ1) is 13.1. The van der Waals surface area contributed by atoms with Gasteiger partial charge >= 0.3 is 9.28 Å². The third-order valence-corrected chi connectivity index (χ3v) is 5.47. The van der Waals surface area contributed by atoms with Crippen molar-refractivity contribution in [1.29, 1.82) is 0 Å². The van der Waals surface area contributed by atoms with Crippen molar-refractivity contribution in [2.75, 3.05) is 13.2 Å². The average Bonchev–Trinajstić information content (AvgIpc) is 2.15. The molecule has 0 aliphatic rings. The molecule has 0 aliphatic carbocycles. The largest absolute Gasteiger partial charge is 0.397 e. The second kappa shape index (κ2) is 7.53. The van der Waals surface area contributed by atoms with Gasteiger partial charge in [-0.1, -0.05) is 27.2 Å². The number of hydrogen-bond acceptors (Lipinski definition) is 2. The summed E-state index contributed by atoms with van der Waals surface area (Å²) in [7, 11) is -1.40. The van der Waals surface area contributed by atoms with E-state index >= 15 is 0 Å². The van der Waals surface area contributed by atoms with Crippen LogP contribution in [0.3, 0.4) is 0 Å². The van der Waals surface area contributed by atoms with Gasteiger partial charge in [-0.05, 0) is 25.3 Å². The van der Waals surface area contributed by atoms with Crippen molar-refractivity contribution < 1.29 is 8.85 Å². The maximum Gasteiger partial charge on any atom is 0.324 e. The maximum atomic E-state index is 5.68. The molecular weight excluding hydrogens is 180 g/mol. The van der Waals surface area contributed by atoms with Crippen molar-refractivity contribution in [3.8, 4) is 0 Å². The summed E-state index contributed by atoms with van der Waals surface area (Å²) in [5, 5.41) is 0. The molecule has 13 heavy (non-hydrogen) atoms. The average molecular weight is 204 g/mol. The van der Waals surface area contributed by atoms with Crippen LogP contribution < -0.4 is 0 Å². The molecule has 0 aromatic rings. The highest BCUT2D eigenvalue weighted by atomic mass is 28.3. The van der Waals surface area contributed by atoms with E-state index in [0.717, 1.165) is 19.1 Å². The summed E-state index contributed by atoms with van der Waals surface area (Å²) in [4.78, 5) is 0. The Bertz CT molecular complexity index is 113. The van der Waals surface area contributed by atoms with Crippen LogP contribution in [0, 0.1) is 5.92 Å². The van der Waals surface area contributed by atoms with Gasteiger partial charge in [-0.2, -0.15) is 0 Å². The second-order valence-electron chi connectivity index (χ2n) is 3.52. The lowest BCUT2D eigenvalue weighted by Gasteiger charge is -2.25. The van der Waals surface area contributed by atoms with Gasteiger partial charge < -0.3 is 8.85 Å². The summed E-state index contributed by atoms with van der Waals surface area (Å²) in [6, 6.07) is 0. The summed E-state index contributed by atoms with van der Waals surface area (Å²) >= 11 is 0. The Kier molecular flexibility index (Phi) is 7.61. The summed E-state index contributed by atoms with van der Waals surface area (Å²) < 4.78 is 11.4.